The number of piperidine rings is 1. The fourth-order valence-electron chi connectivity index (χ4n) is 7.26. The van der Waals surface area contributed by atoms with E-state index < -0.39 is 12.5 Å². The molecule has 1 aliphatic carbocycles. The number of nitrogens with zero attached hydrogens (tertiary/aromatic N) is 7. The Balaban J connectivity index is 0.926. The van der Waals surface area contributed by atoms with Crippen LogP contribution in [0.1, 0.15) is 68.4 Å². The minimum Gasteiger partial charge on any atom is -0.396 e. The van der Waals surface area contributed by atoms with Crippen LogP contribution in [0.4, 0.5) is 20.3 Å². The number of nitrogens with two attached hydrogens (primary N) is 1. The van der Waals surface area contributed by atoms with Gasteiger partial charge in [-0.2, -0.15) is 10.2 Å². The van der Waals surface area contributed by atoms with Gasteiger partial charge in [-0.1, -0.05) is 6.07 Å². The van der Waals surface area contributed by atoms with Gasteiger partial charge in [0.05, 0.1) is 22.9 Å². The van der Waals surface area contributed by atoms with Crippen LogP contribution in [0.5, 0.6) is 0 Å². The number of imide groups is 1. The molecule has 13 heteroatoms. The van der Waals surface area contributed by atoms with Gasteiger partial charge in [0.2, 0.25) is 5.91 Å². The molecule has 4 aromatic rings. The lowest BCUT2D eigenvalue weighted by Gasteiger charge is -2.38. The van der Waals surface area contributed by atoms with Crippen LogP contribution in [0.2, 0.25) is 0 Å². The van der Waals surface area contributed by atoms with Crippen LogP contribution in [-0.4, -0.2) is 74.0 Å². The van der Waals surface area contributed by atoms with Crippen molar-refractivity contribution in [3.8, 4) is 11.1 Å². The molecule has 0 spiro atoms. The van der Waals surface area contributed by atoms with Crippen LogP contribution in [-0.2, 0) is 9.59 Å². The molecule has 2 amide bonds. The van der Waals surface area contributed by atoms with Gasteiger partial charge < -0.3 is 10.6 Å². The third-order valence-electron chi connectivity index (χ3n) is 9.88. The Bertz CT molecular complexity index is 1740. The molecular formula is C33H39F2N9O2. The minimum atomic E-state index is -2.64. The highest BCUT2D eigenvalue weighted by Gasteiger charge is 2.31. The molecule has 2 aliphatic heterocycles. The Morgan fingerprint density at radius 1 is 0.978 bits per heavy atom. The highest BCUT2D eigenvalue weighted by molar-refractivity contribution is 6.00. The van der Waals surface area contributed by atoms with Crippen molar-refractivity contribution in [2.45, 2.75) is 64.0 Å². The first kappa shape index (κ1) is 30.3. The fourth-order valence-corrected chi connectivity index (χ4v) is 7.26. The number of alkyl halides is 2. The predicted molar refractivity (Wildman–Crippen MR) is 170 cm³/mol. The molecule has 3 aliphatic rings. The SMILES string of the molecule is Cc1nn(C2CCC(=O)NC2=O)c2ccc(-c3ccc(N4CCN(CC5CCC(n6cc(N)c(C(F)F)n6)CC5)CC4)nc3)cc12. The first-order chi connectivity index (χ1) is 22.2. The number of carbonyl (C=O) groups excluding carboxylic acids is 2. The quantitative estimate of drug-likeness (QED) is 0.282. The van der Waals surface area contributed by atoms with Gasteiger partial charge in [0.15, 0.2) is 5.69 Å². The van der Waals surface area contributed by atoms with Crippen LogP contribution < -0.4 is 16.0 Å². The van der Waals surface area contributed by atoms with Crippen LogP contribution in [0, 0.1) is 12.8 Å². The van der Waals surface area contributed by atoms with E-state index in [-0.39, 0.29) is 29.2 Å². The van der Waals surface area contributed by atoms with Crippen molar-refractivity contribution < 1.29 is 18.4 Å². The molecule has 3 fully saturated rings. The van der Waals surface area contributed by atoms with Crippen molar-refractivity contribution in [3.05, 3.63) is 54.1 Å². The third-order valence-corrected chi connectivity index (χ3v) is 9.88. The number of piperazine rings is 1. The molecule has 0 bridgehead atoms. The number of hydrogen-bond acceptors (Lipinski definition) is 8. The number of hydrogen-bond donors (Lipinski definition) is 2. The van der Waals surface area contributed by atoms with Crippen LogP contribution in [0.25, 0.3) is 22.0 Å². The second kappa shape index (κ2) is 12.4. The number of amides is 2. The zero-order valence-electron chi connectivity index (χ0n) is 25.9. The van der Waals surface area contributed by atoms with Gasteiger partial charge in [-0.25, -0.2) is 13.8 Å². The van der Waals surface area contributed by atoms with Gasteiger partial charge in [0.25, 0.3) is 12.3 Å². The lowest BCUT2D eigenvalue weighted by Crippen LogP contribution is -2.48. The first-order valence-corrected chi connectivity index (χ1v) is 16.1. The molecule has 2 saturated heterocycles. The monoisotopic (exact) mass is 631 g/mol. The molecule has 7 rings (SSSR count). The number of nitrogen functional groups attached to an aromatic ring is 1. The summed E-state index contributed by atoms with van der Waals surface area (Å²) in [7, 11) is 0. The highest BCUT2D eigenvalue weighted by Crippen LogP contribution is 2.35. The summed E-state index contributed by atoms with van der Waals surface area (Å²) in [5, 5.41) is 12.1. The molecule has 1 saturated carbocycles. The van der Waals surface area contributed by atoms with Crippen molar-refractivity contribution >= 4 is 34.2 Å². The molecule has 11 nitrogen and oxygen atoms in total. The lowest BCUT2D eigenvalue weighted by molar-refractivity contribution is -0.135. The van der Waals surface area contributed by atoms with Crippen LogP contribution in [0.15, 0.2) is 42.7 Å². The topological polar surface area (TPSA) is 127 Å². The average molecular weight is 632 g/mol. The zero-order chi connectivity index (χ0) is 31.9. The maximum atomic E-state index is 13.1. The number of anilines is 2. The summed E-state index contributed by atoms with van der Waals surface area (Å²) in [5.74, 6) is 1.02. The maximum absolute atomic E-state index is 13.1. The number of carbonyl (C=O) groups is 2. The highest BCUT2D eigenvalue weighted by atomic mass is 19.3. The van der Waals surface area contributed by atoms with Crippen molar-refractivity contribution in [3.63, 3.8) is 0 Å². The van der Waals surface area contributed by atoms with E-state index in [0.717, 1.165) is 91.9 Å². The van der Waals surface area contributed by atoms with E-state index in [1.807, 2.05) is 25.3 Å². The van der Waals surface area contributed by atoms with Gasteiger partial charge in [-0.05, 0) is 74.8 Å². The van der Waals surface area contributed by atoms with Crippen molar-refractivity contribution in [2.75, 3.05) is 43.4 Å². The summed E-state index contributed by atoms with van der Waals surface area (Å²) in [6, 6.07) is 9.94. The fraction of sp³-hybridized carbons (Fsp3) is 0.485. The molecule has 1 aromatic carbocycles. The van der Waals surface area contributed by atoms with E-state index in [1.54, 1.807) is 15.6 Å². The molecular weight excluding hydrogens is 592 g/mol. The van der Waals surface area contributed by atoms with Gasteiger partial charge in [0, 0.05) is 62.5 Å². The molecule has 3 aromatic heterocycles. The Morgan fingerprint density at radius 3 is 2.41 bits per heavy atom. The predicted octanol–water partition coefficient (Wildman–Crippen LogP) is 4.65. The third kappa shape index (κ3) is 5.95. The summed E-state index contributed by atoms with van der Waals surface area (Å²) in [6.45, 7) is 6.77. The number of aryl methyl sites for hydroxylation is 1. The number of rotatable bonds is 7. The number of pyridine rings is 1. The van der Waals surface area contributed by atoms with Crippen molar-refractivity contribution in [1.82, 2.24) is 34.8 Å². The number of halogens is 2. The van der Waals surface area contributed by atoms with E-state index in [1.165, 1.54) is 0 Å². The molecule has 1 atom stereocenters. The Labute approximate surface area is 265 Å². The standard InChI is InChI=1S/C33H39F2N9O2/c1-20-25-16-22(4-8-27(25)44(39-20)28-9-11-30(45)38-33(28)46)23-5-10-29(37-17-23)42-14-12-41(13-15-42)18-21-2-6-24(7-3-21)43-19-26(36)31(40-43)32(34)35/h4-5,8,10,16-17,19,21,24,28,32H,2-3,6-7,9,11-15,18,36H2,1H3,(H,38,45,46). The van der Waals surface area contributed by atoms with Crippen LogP contribution >= 0.6 is 0 Å². The van der Waals surface area contributed by atoms with E-state index in [9.17, 15) is 18.4 Å². The van der Waals surface area contributed by atoms with Crippen LogP contribution in [0.3, 0.4) is 0 Å². The second-order valence-electron chi connectivity index (χ2n) is 12.8. The summed E-state index contributed by atoms with van der Waals surface area (Å²) in [5.41, 5.74) is 9.26. The lowest BCUT2D eigenvalue weighted by atomic mass is 9.85. The van der Waals surface area contributed by atoms with Gasteiger partial charge in [0.1, 0.15) is 11.9 Å². The molecule has 3 N–H and O–H groups in total. The number of benzene rings is 1. The molecule has 0 radical (unpaired) electrons. The molecule has 1 unspecified atom stereocenters. The molecule has 242 valence electrons. The van der Waals surface area contributed by atoms with E-state index in [0.29, 0.717) is 18.8 Å². The largest absolute Gasteiger partial charge is 0.396 e. The average Bonchev–Trinajstić information content (AvgIpc) is 3.61. The number of aromatic nitrogens is 5. The van der Waals surface area contributed by atoms with Gasteiger partial charge in [-0.15, -0.1) is 0 Å². The second-order valence-corrected chi connectivity index (χ2v) is 12.8. The molecule has 5 heterocycles. The summed E-state index contributed by atoms with van der Waals surface area (Å²) < 4.78 is 29.6. The Hall–Kier alpha value is -4.39. The van der Waals surface area contributed by atoms with Gasteiger partial charge >= 0.3 is 0 Å². The molecule has 46 heavy (non-hydrogen) atoms. The van der Waals surface area contributed by atoms with Gasteiger partial charge in [-0.3, -0.25) is 29.2 Å². The minimum absolute atomic E-state index is 0.0764. The summed E-state index contributed by atoms with van der Waals surface area (Å²) >= 11 is 0. The van der Waals surface area contributed by atoms with E-state index in [4.69, 9.17) is 10.7 Å². The van der Waals surface area contributed by atoms with E-state index in [2.05, 4.69) is 43.5 Å². The zero-order valence-corrected chi connectivity index (χ0v) is 25.9. The van der Waals surface area contributed by atoms with Crippen molar-refractivity contribution in [1.29, 1.82) is 0 Å². The number of fused-ring (bicyclic) bond motifs is 1. The smallest absolute Gasteiger partial charge is 0.284 e. The normalized spacial score (nSPS) is 23.0. The van der Waals surface area contributed by atoms with E-state index >= 15 is 0 Å². The van der Waals surface area contributed by atoms with Crippen molar-refractivity contribution in [2.24, 2.45) is 5.92 Å². The number of nitrogens with one attached hydrogen (secondary N) is 1. The summed E-state index contributed by atoms with van der Waals surface area (Å²) in [6.07, 6.45) is 5.56. The maximum Gasteiger partial charge on any atom is 0.284 e. The summed E-state index contributed by atoms with van der Waals surface area (Å²) in [4.78, 5) is 33.7. The Morgan fingerprint density at radius 2 is 1.74 bits per heavy atom. The Kier molecular flexibility index (Phi) is 8.18. The first-order valence-electron chi connectivity index (χ1n) is 16.1.